The first-order valence-electron chi connectivity index (χ1n) is 8.28. The Morgan fingerprint density at radius 3 is 2.42 bits per heavy atom. The van der Waals surface area contributed by atoms with E-state index in [9.17, 15) is 14.0 Å². The van der Waals surface area contributed by atoms with Gasteiger partial charge < -0.3 is 5.73 Å². The fourth-order valence-corrected chi connectivity index (χ4v) is 2.88. The number of benzene rings is 2. The van der Waals surface area contributed by atoms with Crippen molar-refractivity contribution >= 4 is 5.82 Å². The molecular weight excluding hydrogens is 332 g/mol. The third-order valence-electron chi connectivity index (χ3n) is 4.17. The maximum atomic E-state index is 14.2. The quantitative estimate of drug-likeness (QED) is 0.713. The van der Waals surface area contributed by atoms with Crippen LogP contribution in [0.15, 0.2) is 48.5 Å². The lowest BCUT2D eigenvalue weighted by Gasteiger charge is -2.11. The van der Waals surface area contributed by atoms with Gasteiger partial charge in [-0.25, -0.2) is 13.8 Å². The Kier molecular flexibility index (Phi) is 4.94. The lowest BCUT2D eigenvalue weighted by atomic mass is 9.97. The number of nitrogens with zero attached hydrogens (tertiary/aromatic N) is 2. The molecule has 2 N–H and O–H groups in total. The van der Waals surface area contributed by atoms with Gasteiger partial charge in [-0.15, -0.1) is 0 Å². The molecule has 130 valence electrons. The molecule has 0 amide bonds. The van der Waals surface area contributed by atoms with Gasteiger partial charge >= 0.3 is 0 Å². The van der Waals surface area contributed by atoms with Gasteiger partial charge in [0.25, 0.3) is 0 Å². The molecule has 2 aromatic carbocycles. The number of aromatic nitrogens is 1. The zero-order valence-electron chi connectivity index (χ0n) is 14.3. The van der Waals surface area contributed by atoms with Crippen LogP contribution in [0.2, 0.25) is 0 Å². The summed E-state index contributed by atoms with van der Waals surface area (Å²) in [4.78, 5) is 4.27. The first-order valence-corrected chi connectivity index (χ1v) is 8.28. The van der Waals surface area contributed by atoms with Crippen molar-refractivity contribution in [1.29, 1.82) is 5.26 Å². The average Bonchev–Trinajstić information content (AvgIpc) is 2.64. The predicted octanol–water partition coefficient (Wildman–Crippen LogP) is 5.10. The van der Waals surface area contributed by atoms with Gasteiger partial charge in [0.1, 0.15) is 29.1 Å². The van der Waals surface area contributed by atoms with E-state index in [0.717, 1.165) is 36.6 Å². The number of hydrogen-bond acceptors (Lipinski definition) is 3. The van der Waals surface area contributed by atoms with E-state index in [1.54, 1.807) is 6.07 Å². The number of pyridine rings is 1. The first-order chi connectivity index (χ1) is 12.5. The van der Waals surface area contributed by atoms with E-state index in [4.69, 9.17) is 5.73 Å². The van der Waals surface area contributed by atoms with Crippen molar-refractivity contribution in [2.75, 3.05) is 5.73 Å². The van der Waals surface area contributed by atoms with E-state index in [2.05, 4.69) is 11.9 Å². The van der Waals surface area contributed by atoms with E-state index in [-0.39, 0.29) is 22.5 Å². The van der Waals surface area contributed by atoms with Crippen molar-refractivity contribution in [3.8, 4) is 28.5 Å². The summed E-state index contributed by atoms with van der Waals surface area (Å²) >= 11 is 0. The molecule has 3 nitrogen and oxygen atoms in total. The second-order valence-corrected chi connectivity index (χ2v) is 6.00. The van der Waals surface area contributed by atoms with Crippen LogP contribution in [0.4, 0.5) is 14.6 Å². The summed E-state index contributed by atoms with van der Waals surface area (Å²) in [7, 11) is 0. The van der Waals surface area contributed by atoms with Gasteiger partial charge in [-0.05, 0) is 36.2 Å². The number of aryl methyl sites for hydroxylation is 1. The monoisotopic (exact) mass is 349 g/mol. The minimum atomic E-state index is -0.627. The number of halogens is 2. The van der Waals surface area contributed by atoms with Crippen LogP contribution < -0.4 is 5.73 Å². The second kappa shape index (κ2) is 7.32. The standard InChI is InChI=1S/C21H17F2N3/c1-2-3-13-4-6-14(7-5-13)20-11-16(18(12-24)21(25)26-20)17-10-15(22)8-9-19(17)23/h4-11H,2-3H2,1H3,(H2,25,26). The molecule has 0 aliphatic heterocycles. The van der Waals surface area contributed by atoms with Crippen LogP contribution in [0.3, 0.4) is 0 Å². The number of hydrogen-bond donors (Lipinski definition) is 1. The lowest BCUT2D eigenvalue weighted by Crippen LogP contribution is -2.01. The molecule has 0 fully saturated rings. The van der Waals surface area contributed by atoms with Crippen molar-refractivity contribution < 1.29 is 8.78 Å². The minimum Gasteiger partial charge on any atom is -0.383 e. The summed E-state index contributed by atoms with van der Waals surface area (Å²) in [6.45, 7) is 2.11. The summed E-state index contributed by atoms with van der Waals surface area (Å²) in [5, 5.41) is 9.39. The Bertz CT molecular complexity index is 989. The van der Waals surface area contributed by atoms with Gasteiger partial charge in [-0.2, -0.15) is 5.26 Å². The molecule has 0 aliphatic rings. The van der Waals surface area contributed by atoms with Crippen LogP contribution in [0.1, 0.15) is 24.5 Å². The molecule has 1 aromatic heterocycles. The molecule has 0 spiro atoms. The molecule has 0 radical (unpaired) electrons. The molecule has 0 bridgehead atoms. The van der Waals surface area contributed by atoms with Gasteiger partial charge in [-0.1, -0.05) is 37.6 Å². The van der Waals surface area contributed by atoms with E-state index in [0.29, 0.717) is 5.69 Å². The highest BCUT2D eigenvalue weighted by atomic mass is 19.1. The highest BCUT2D eigenvalue weighted by molar-refractivity contribution is 5.80. The van der Waals surface area contributed by atoms with Crippen LogP contribution in [-0.2, 0) is 6.42 Å². The SMILES string of the molecule is CCCc1ccc(-c2cc(-c3cc(F)ccc3F)c(C#N)c(N)n2)cc1. The highest BCUT2D eigenvalue weighted by Gasteiger charge is 2.17. The maximum Gasteiger partial charge on any atom is 0.142 e. The minimum absolute atomic E-state index is 0.0127. The van der Waals surface area contributed by atoms with E-state index in [1.807, 2.05) is 30.3 Å². The van der Waals surface area contributed by atoms with Crippen molar-refractivity contribution in [1.82, 2.24) is 4.98 Å². The summed E-state index contributed by atoms with van der Waals surface area (Å²) in [5.74, 6) is -1.23. The third-order valence-corrected chi connectivity index (χ3v) is 4.17. The molecule has 0 atom stereocenters. The molecule has 0 saturated heterocycles. The summed E-state index contributed by atoms with van der Waals surface area (Å²) in [5.41, 5.74) is 8.66. The van der Waals surface area contributed by atoms with Gasteiger partial charge in [0, 0.05) is 16.7 Å². The van der Waals surface area contributed by atoms with E-state index >= 15 is 0 Å². The van der Waals surface area contributed by atoms with Gasteiger partial charge in [-0.3, -0.25) is 0 Å². The molecule has 1 heterocycles. The topological polar surface area (TPSA) is 62.7 Å². The number of nitrogen functional groups attached to an aromatic ring is 1. The fourth-order valence-electron chi connectivity index (χ4n) is 2.88. The molecule has 3 rings (SSSR count). The van der Waals surface area contributed by atoms with Crippen LogP contribution >= 0.6 is 0 Å². The van der Waals surface area contributed by atoms with Crippen molar-refractivity contribution in [2.45, 2.75) is 19.8 Å². The van der Waals surface area contributed by atoms with Gasteiger partial charge in [0.15, 0.2) is 0 Å². The molecule has 0 aliphatic carbocycles. The summed E-state index contributed by atoms with van der Waals surface area (Å²) in [6, 6.07) is 14.4. The largest absolute Gasteiger partial charge is 0.383 e. The number of anilines is 1. The highest BCUT2D eigenvalue weighted by Crippen LogP contribution is 2.33. The van der Waals surface area contributed by atoms with Crippen LogP contribution in [-0.4, -0.2) is 4.98 Å². The summed E-state index contributed by atoms with van der Waals surface area (Å²) in [6.07, 6.45) is 2.02. The van der Waals surface area contributed by atoms with Crippen LogP contribution in [0, 0.1) is 23.0 Å². The van der Waals surface area contributed by atoms with Crippen molar-refractivity contribution in [3.05, 3.63) is 71.3 Å². The zero-order valence-corrected chi connectivity index (χ0v) is 14.3. The predicted molar refractivity (Wildman–Crippen MR) is 98.1 cm³/mol. The maximum absolute atomic E-state index is 14.2. The second-order valence-electron chi connectivity index (χ2n) is 6.00. The Morgan fingerprint density at radius 1 is 1.04 bits per heavy atom. The first kappa shape index (κ1) is 17.6. The van der Waals surface area contributed by atoms with Crippen LogP contribution in [0.25, 0.3) is 22.4 Å². The Hall–Kier alpha value is -3.26. The number of rotatable bonds is 4. The molecular formula is C21H17F2N3. The summed E-state index contributed by atoms with van der Waals surface area (Å²) < 4.78 is 27.9. The molecule has 5 heteroatoms. The molecule has 0 unspecified atom stereocenters. The van der Waals surface area contributed by atoms with Crippen molar-refractivity contribution in [2.24, 2.45) is 0 Å². The lowest BCUT2D eigenvalue weighted by molar-refractivity contribution is 0.603. The van der Waals surface area contributed by atoms with Gasteiger partial charge in [0.2, 0.25) is 0 Å². The normalized spacial score (nSPS) is 10.5. The van der Waals surface area contributed by atoms with E-state index < -0.39 is 11.6 Å². The molecule has 26 heavy (non-hydrogen) atoms. The zero-order chi connectivity index (χ0) is 18.7. The molecule has 3 aromatic rings. The Balaban J connectivity index is 2.16. The molecule has 0 saturated carbocycles. The van der Waals surface area contributed by atoms with Gasteiger partial charge in [0.05, 0.1) is 5.69 Å². The Morgan fingerprint density at radius 2 is 1.77 bits per heavy atom. The van der Waals surface area contributed by atoms with Crippen molar-refractivity contribution in [3.63, 3.8) is 0 Å². The average molecular weight is 349 g/mol. The Labute approximate surface area is 150 Å². The number of nitriles is 1. The number of nitrogens with two attached hydrogens (primary N) is 1. The van der Waals surface area contributed by atoms with Crippen LogP contribution in [0.5, 0.6) is 0 Å². The smallest absolute Gasteiger partial charge is 0.142 e. The third kappa shape index (κ3) is 3.40. The fraction of sp³-hybridized carbons (Fsp3) is 0.143. The van der Waals surface area contributed by atoms with E-state index in [1.165, 1.54) is 5.56 Å².